The molecular formula is C24H31N7O4S2. The van der Waals surface area contributed by atoms with Crippen molar-refractivity contribution in [2.24, 2.45) is 0 Å². The van der Waals surface area contributed by atoms with Gasteiger partial charge in [0.05, 0.1) is 45.1 Å². The van der Waals surface area contributed by atoms with Crippen LogP contribution in [0, 0.1) is 13.8 Å². The monoisotopic (exact) mass is 545 g/mol. The molecule has 0 spiro atoms. The fourth-order valence-electron chi connectivity index (χ4n) is 5.11. The van der Waals surface area contributed by atoms with Crippen LogP contribution in [-0.2, 0) is 40.6 Å². The molecule has 2 aliphatic rings. The number of anilines is 1. The first-order valence-electron chi connectivity index (χ1n) is 12.4. The van der Waals surface area contributed by atoms with E-state index in [0.717, 1.165) is 64.9 Å². The molecule has 0 fully saturated rings. The molecule has 1 amide bonds. The van der Waals surface area contributed by atoms with Gasteiger partial charge in [0.1, 0.15) is 11.9 Å². The van der Waals surface area contributed by atoms with Crippen LogP contribution < -0.4 is 9.46 Å². The maximum Gasteiger partial charge on any atom is 0.261 e. The van der Waals surface area contributed by atoms with Gasteiger partial charge >= 0.3 is 0 Å². The number of nitrogens with one attached hydrogen (secondary N) is 1. The van der Waals surface area contributed by atoms with Crippen LogP contribution in [0.25, 0.3) is 0 Å². The lowest BCUT2D eigenvalue weighted by Gasteiger charge is -2.36. The van der Waals surface area contributed by atoms with Gasteiger partial charge in [0.2, 0.25) is 16.0 Å². The third-order valence-corrected chi connectivity index (χ3v) is 8.33. The SMILES string of the molecule is CCc1nc(NS(C)(=O)=O)ncc1OCC(=O)N1CCc2nc3n(c2C1c1sc(C)nc1C)CCCC3. The molecule has 5 heterocycles. The minimum Gasteiger partial charge on any atom is -0.480 e. The van der Waals surface area contributed by atoms with E-state index >= 15 is 0 Å². The van der Waals surface area contributed by atoms with Crippen molar-refractivity contribution in [3.05, 3.63) is 44.7 Å². The van der Waals surface area contributed by atoms with E-state index in [1.54, 1.807) is 11.3 Å². The van der Waals surface area contributed by atoms with Gasteiger partial charge in [-0.2, -0.15) is 0 Å². The number of carbonyl (C=O) groups excluding carboxylic acids is 1. The highest BCUT2D eigenvalue weighted by Gasteiger charge is 2.39. The number of aryl methyl sites for hydroxylation is 4. The van der Waals surface area contributed by atoms with E-state index in [1.165, 1.54) is 6.20 Å². The predicted octanol–water partition coefficient (Wildman–Crippen LogP) is 2.57. The molecule has 37 heavy (non-hydrogen) atoms. The Labute approximate surface area is 220 Å². The fraction of sp³-hybridized carbons (Fsp3) is 0.542. The summed E-state index contributed by atoms with van der Waals surface area (Å²) in [5.74, 6) is 1.30. The molecule has 0 radical (unpaired) electrons. The van der Waals surface area contributed by atoms with Gasteiger partial charge in [-0.15, -0.1) is 11.3 Å². The number of imidazole rings is 1. The summed E-state index contributed by atoms with van der Waals surface area (Å²) in [5.41, 5.74) is 3.63. The summed E-state index contributed by atoms with van der Waals surface area (Å²) in [7, 11) is -3.50. The molecule has 0 aliphatic carbocycles. The molecule has 0 bridgehead atoms. The minimum atomic E-state index is -3.50. The molecule has 3 aromatic rings. The van der Waals surface area contributed by atoms with E-state index in [2.05, 4.69) is 24.2 Å². The average molecular weight is 546 g/mol. The molecule has 0 saturated heterocycles. The number of nitrogens with zero attached hydrogens (tertiary/aromatic N) is 6. The van der Waals surface area contributed by atoms with E-state index in [-0.39, 0.29) is 24.5 Å². The summed E-state index contributed by atoms with van der Waals surface area (Å²) in [4.78, 5) is 34.5. The Bertz CT molecular complexity index is 1450. The Kier molecular flexibility index (Phi) is 6.92. The van der Waals surface area contributed by atoms with Crippen molar-refractivity contribution in [1.82, 2.24) is 29.4 Å². The number of hydrogen-bond acceptors (Lipinski definition) is 9. The van der Waals surface area contributed by atoms with Crippen LogP contribution in [0.4, 0.5) is 5.95 Å². The normalized spacial score (nSPS) is 17.3. The number of ether oxygens (including phenoxy) is 1. The zero-order chi connectivity index (χ0) is 26.3. The van der Waals surface area contributed by atoms with Crippen molar-refractivity contribution in [3.8, 4) is 5.75 Å². The maximum atomic E-state index is 13.7. The first kappa shape index (κ1) is 25.6. The van der Waals surface area contributed by atoms with Gasteiger partial charge in [0.25, 0.3) is 5.91 Å². The quantitative estimate of drug-likeness (QED) is 0.479. The topological polar surface area (TPSA) is 132 Å². The van der Waals surface area contributed by atoms with Gasteiger partial charge in [-0.3, -0.25) is 9.52 Å². The Morgan fingerprint density at radius 3 is 2.70 bits per heavy atom. The van der Waals surface area contributed by atoms with Crippen molar-refractivity contribution in [2.75, 3.05) is 24.1 Å². The number of rotatable bonds is 7. The highest BCUT2D eigenvalue weighted by atomic mass is 32.2. The molecule has 1 atom stereocenters. The number of amides is 1. The summed E-state index contributed by atoms with van der Waals surface area (Å²) in [5, 5.41) is 0.967. The zero-order valence-electron chi connectivity index (χ0n) is 21.4. The second-order valence-corrected chi connectivity index (χ2v) is 12.4. The van der Waals surface area contributed by atoms with Crippen LogP contribution in [0.1, 0.15) is 64.3 Å². The van der Waals surface area contributed by atoms with E-state index < -0.39 is 10.0 Å². The first-order valence-corrected chi connectivity index (χ1v) is 15.1. The number of carbonyl (C=O) groups is 1. The molecule has 198 valence electrons. The second kappa shape index (κ2) is 10.0. The van der Waals surface area contributed by atoms with Crippen molar-refractivity contribution in [2.45, 2.75) is 65.5 Å². The van der Waals surface area contributed by atoms with E-state index in [9.17, 15) is 13.2 Å². The molecule has 5 rings (SSSR count). The molecule has 1 N–H and O–H groups in total. The standard InChI is InChI=1S/C24H31N7O4S2/c1-5-16-18(12-25-24(28-16)29-37(4,33)34)35-13-20(32)31-11-9-17-21(30-10-7-6-8-19(30)27-17)22(31)23-14(2)26-15(3)36-23/h12,22H,5-11,13H2,1-4H3,(H,25,28,29). The van der Waals surface area contributed by atoms with Crippen LogP contribution >= 0.6 is 11.3 Å². The minimum absolute atomic E-state index is 0.0248. The smallest absolute Gasteiger partial charge is 0.261 e. The van der Waals surface area contributed by atoms with Gasteiger partial charge in [0.15, 0.2) is 12.4 Å². The zero-order valence-corrected chi connectivity index (χ0v) is 23.1. The molecule has 0 aromatic carbocycles. The summed E-state index contributed by atoms with van der Waals surface area (Å²) in [6.07, 6.45) is 6.82. The van der Waals surface area contributed by atoms with Gasteiger partial charge in [-0.05, 0) is 33.1 Å². The highest BCUT2D eigenvalue weighted by Crippen LogP contribution is 2.41. The molecule has 2 aliphatic heterocycles. The fourth-order valence-corrected chi connectivity index (χ4v) is 6.58. The number of sulfonamides is 1. The summed E-state index contributed by atoms with van der Waals surface area (Å²) < 4.78 is 33.5. The Hall–Kier alpha value is -3.06. The van der Waals surface area contributed by atoms with E-state index in [4.69, 9.17) is 9.72 Å². The molecular weight excluding hydrogens is 514 g/mol. The first-order chi connectivity index (χ1) is 17.6. The molecule has 11 nitrogen and oxygen atoms in total. The predicted molar refractivity (Wildman–Crippen MR) is 139 cm³/mol. The number of fused-ring (bicyclic) bond motifs is 3. The van der Waals surface area contributed by atoms with Gasteiger partial charge < -0.3 is 14.2 Å². The highest BCUT2D eigenvalue weighted by molar-refractivity contribution is 7.91. The molecule has 0 saturated carbocycles. The molecule has 1 unspecified atom stereocenters. The largest absolute Gasteiger partial charge is 0.480 e. The van der Waals surface area contributed by atoms with Crippen molar-refractivity contribution in [1.29, 1.82) is 0 Å². The van der Waals surface area contributed by atoms with Crippen LogP contribution in [0.3, 0.4) is 0 Å². The summed E-state index contributed by atoms with van der Waals surface area (Å²) in [6, 6.07) is -0.256. The van der Waals surface area contributed by atoms with E-state index in [1.807, 2.05) is 25.7 Å². The van der Waals surface area contributed by atoms with E-state index in [0.29, 0.717) is 30.8 Å². The Balaban J connectivity index is 1.42. The Morgan fingerprint density at radius 2 is 2.00 bits per heavy atom. The third-order valence-electron chi connectivity index (χ3n) is 6.65. The average Bonchev–Trinajstić information content (AvgIpc) is 3.40. The third kappa shape index (κ3) is 5.19. The summed E-state index contributed by atoms with van der Waals surface area (Å²) in [6.45, 7) is 7.13. The number of aromatic nitrogens is 5. The number of hydrogen-bond donors (Lipinski definition) is 1. The number of thiazole rings is 1. The lowest BCUT2D eigenvalue weighted by atomic mass is 9.99. The van der Waals surface area contributed by atoms with Gasteiger partial charge in [0, 0.05) is 25.9 Å². The van der Waals surface area contributed by atoms with Crippen LogP contribution in [0.5, 0.6) is 5.75 Å². The van der Waals surface area contributed by atoms with Crippen molar-refractivity contribution < 1.29 is 17.9 Å². The van der Waals surface area contributed by atoms with Crippen LogP contribution in [0.2, 0.25) is 0 Å². The van der Waals surface area contributed by atoms with Crippen LogP contribution in [-0.4, -0.2) is 63.1 Å². The van der Waals surface area contributed by atoms with Crippen LogP contribution in [0.15, 0.2) is 6.20 Å². The second-order valence-electron chi connectivity index (χ2n) is 9.41. The van der Waals surface area contributed by atoms with Crippen molar-refractivity contribution in [3.63, 3.8) is 0 Å². The van der Waals surface area contributed by atoms with Gasteiger partial charge in [-0.25, -0.2) is 28.4 Å². The lowest BCUT2D eigenvalue weighted by Crippen LogP contribution is -2.43. The molecule has 3 aromatic heterocycles. The summed E-state index contributed by atoms with van der Waals surface area (Å²) >= 11 is 1.62. The lowest BCUT2D eigenvalue weighted by molar-refractivity contribution is -0.135. The van der Waals surface area contributed by atoms with Gasteiger partial charge in [-0.1, -0.05) is 6.92 Å². The van der Waals surface area contributed by atoms with Crippen molar-refractivity contribution >= 4 is 33.2 Å². The molecule has 13 heteroatoms. The maximum absolute atomic E-state index is 13.7. The Morgan fingerprint density at radius 1 is 1.19 bits per heavy atom.